The zero-order valence-electron chi connectivity index (χ0n) is 17.0. The zero-order chi connectivity index (χ0) is 18.9. The second kappa shape index (κ2) is 11.1. The molecule has 0 radical (unpaired) electrons. The fourth-order valence-corrected chi connectivity index (χ4v) is 4.39. The molecule has 0 aromatic carbocycles. The number of rotatable bonds is 11. The van der Waals surface area contributed by atoms with Crippen molar-refractivity contribution in [3.05, 3.63) is 36.0 Å². The van der Waals surface area contributed by atoms with Crippen molar-refractivity contribution in [2.24, 2.45) is 17.8 Å². The molecule has 2 rings (SSSR count). The van der Waals surface area contributed by atoms with Crippen molar-refractivity contribution in [1.29, 1.82) is 0 Å². The number of aliphatic hydroxyl groups is 2. The van der Waals surface area contributed by atoms with E-state index in [-0.39, 0.29) is 18.1 Å². The number of allylic oxidation sites excluding steroid dienone is 4. The molecule has 0 unspecified atom stereocenters. The summed E-state index contributed by atoms with van der Waals surface area (Å²) in [5, 5.41) is 20.5. The van der Waals surface area contributed by atoms with Gasteiger partial charge in [0.25, 0.3) is 0 Å². The maximum absolute atomic E-state index is 10.4. The van der Waals surface area contributed by atoms with Gasteiger partial charge in [-0.25, -0.2) is 0 Å². The van der Waals surface area contributed by atoms with E-state index in [2.05, 4.69) is 50.2 Å². The van der Waals surface area contributed by atoms with Crippen LogP contribution >= 0.6 is 0 Å². The number of aliphatic hydroxyl groups excluding tert-OH is 2. The van der Waals surface area contributed by atoms with Gasteiger partial charge in [-0.05, 0) is 64.6 Å². The lowest BCUT2D eigenvalue weighted by molar-refractivity contribution is 0.140. The highest BCUT2D eigenvalue weighted by atomic mass is 16.3. The van der Waals surface area contributed by atoms with Crippen molar-refractivity contribution in [2.45, 2.75) is 70.5 Å². The lowest BCUT2D eigenvalue weighted by Gasteiger charge is -2.18. The van der Waals surface area contributed by atoms with E-state index in [0.29, 0.717) is 11.8 Å². The summed E-state index contributed by atoms with van der Waals surface area (Å²) in [6, 6.07) is 0. The normalized spacial score (nSPS) is 29.8. The first-order valence-electron chi connectivity index (χ1n) is 10.6. The first-order valence-corrected chi connectivity index (χ1v) is 10.6. The molecule has 0 aromatic heterocycles. The van der Waals surface area contributed by atoms with Gasteiger partial charge in [-0.2, -0.15) is 0 Å². The smallest absolute Gasteiger partial charge is 0.0721 e. The molecule has 0 bridgehead atoms. The molecule has 2 aliphatic carbocycles. The van der Waals surface area contributed by atoms with E-state index in [1.165, 1.54) is 24.8 Å². The van der Waals surface area contributed by atoms with Crippen LogP contribution in [0.2, 0.25) is 0 Å². The average molecular weight is 362 g/mol. The summed E-state index contributed by atoms with van der Waals surface area (Å²) >= 11 is 0. The quantitative estimate of drug-likeness (QED) is 0.425. The van der Waals surface area contributed by atoms with Gasteiger partial charge in [-0.3, -0.25) is 0 Å². The number of hydrogen-bond donors (Lipinski definition) is 2. The van der Waals surface area contributed by atoms with Crippen LogP contribution in [0.1, 0.15) is 58.3 Å². The molecule has 2 aliphatic rings. The number of nitrogens with zero attached hydrogens (tertiary/aromatic N) is 1. The van der Waals surface area contributed by atoms with Crippen molar-refractivity contribution in [2.75, 3.05) is 20.6 Å². The highest BCUT2D eigenvalue weighted by Crippen LogP contribution is 2.47. The van der Waals surface area contributed by atoms with E-state index in [9.17, 15) is 10.2 Å². The molecule has 0 aromatic rings. The highest BCUT2D eigenvalue weighted by molar-refractivity contribution is 5.28. The van der Waals surface area contributed by atoms with E-state index in [1.54, 1.807) is 0 Å². The second-order valence-electron chi connectivity index (χ2n) is 8.45. The second-order valence-corrected chi connectivity index (χ2v) is 8.45. The minimum absolute atomic E-state index is 0.191. The minimum atomic E-state index is -0.363. The topological polar surface area (TPSA) is 43.7 Å². The summed E-state index contributed by atoms with van der Waals surface area (Å²) in [6.45, 7) is 3.31. The maximum Gasteiger partial charge on any atom is 0.0721 e. The van der Waals surface area contributed by atoms with Gasteiger partial charge in [0.15, 0.2) is 0 Å². The Balaban J connectivity index is 1.80. The number of fused-ring (bicyclic) bond motifs is 1. The molecular formula is C23H39NO2. The van der Waals surface area contributed by atoms with Crippen LogP contribution in [0.3, 0.4) is 0 Å². The molecule has 0 heterocycles. The molecule has 0 spiro atoms. The number of hydrogen-bond acceptors (Lipinski definition) is 3. The summed E-state index contributed by atoms with van der Waals surface area (Å²) in [7, 11) is 4.23. The molecule has 3 heteroatoms. The van der Waals surface area contributed by atoms with Crippen molar-refractivity contribution in [3.63, 3.8) is 0 Å². The average Bonchev–Trinajstić information content (AvgIpc) is 3.09. The van der Waals surface area contributed by atoms with Gasteiger partial charge in [-0.1, -0.05) is 62.1 Å². The molecule has 26 heavy (non-hydrogen) atoms. The van der Waals surface area contributed by atoms with Crippen LogP contribution in [0.4, 0.5) is 0 Å². The van der Waals surface area contributed by atoms with Crippen LogP contribution in [-0.2, 0) is 0 Å². The van der Waals surface area contributed by atoms with Gasteiger partial charge in [0.05, 0.1) is 12.2 Å². The Morgan fingerprint density at radius 1 is 1.27 bits per heavy atom. The molecule has 148 valence electrons. The monoisotopic (exact) mass is 361 g/mol. The third-order valence-corrected chi connectivity index (χ3v) is 5.87. The SMILES string of the molecule is CCCCC[C@H](O)C=C[C@@H]1[C@H]2CC(C=CCCCN(C)C)=C[C@H]2C[C@H]1O. The first kappa shape index (κ1) is 21.4. The molecule has 0 amide bonds. The van der Waals surface area contributed by atoms with E-state index >= 15 is 0 Å². The lowest BCUT2D eigenvalue weighted by Crippen LogP contribution is -2.17. The Kier molecular flexibility index (Phi) is 9.10. The largest absolute Gasteiger partial charge is 0.392 e. The zero-order valence-corrected chi connectivity index (χ0v) is 17.0. The van der Waals surface area contributed by atoms with Crippen molar-refractivity contribution in [3.8, 4) is 0 Å². The van der Waals surface area contributed by atoms with Crippen LogP contribution in [0.5, 0.6) is 0 Å². The third-order valence-electron chi connectivity index (χ3n) is 5.87. The Bertz CT molecular complexity index is 494. The standard InChI is InChI=1S/C23H39NO2/c1-4-5-7-11-20(25)12-13-21-22-16-18(15-19(22)17-23(21)26)10-8-6-9-14-24(2)3/h8,10,12-13,15,19-23,25-26H,4-7,9,11,14,16-17H2,1-3H3/t19-,20-,21+,22-,23+/m0/s1. The van der Waals surface area contributed by atoms with Gasteiger partial charge in [-0.15, -0.1) is 0 Å². The van der Waals surface area contributed by atoms with Gasteiger partial charge in [0.1, 0.15) is 0 Å². The van der Waals surface area contributed by atoms with E-state index in [0.717, 1.165) is 38.6 Å². The summed E-state index contributed by atoms with van der Waals surface area (Å²) < 4.78 is 0. The first-order chi connectivity index (χ1) is 12.5. The van der Waals surface area contributed by atoms with E-state index < -0.39 is 0 Å². The van der Waals surface area contributed by atoms with Crippen molar-refractivity contribution >= 4 is 0 Å². The van der Waals surface area contributed by atoms with Crippen LogP contribution < -0.4 is 0 Å². The Labute approximate surface area is 160 Å². The van der Waals surface area contributed by atoms with Crippen molar-refractivity contribution in [1.82, 2.24) is 4.90 Å². The van der Waals surface area contributed by atoms with Gasteiger partial charge >= 0.3 is 0 Å². The summed E-state index contributed by atoms with van der Waals surface area (Å²) in [5.74, 6) is 1.19. The fraction of sp³-hybridized carbons (Fsp3) is 0.739. The van der Waals surface area contributed by atoms with Gasteiger partial charge in [0.2, 0.25) is 0 Å². The van der Waals surface area contributed by atoms with Crippen LogP contribution in [0, 0.1) is 17.8 Å². The van der Waals surface area contributed by atoms with Gasteiger partial charge in [0, 0.05) is 5.92 Å². The Morgan fingerprint density at radius 2 is 2.08 bits per heavy atom. The van der Waals surface area contributed by atoms with Gasteiger partial charge < -0.3 is 15.1 Å². The third kappa shape index (κ3) is 6.68. The molecule has 1 fully saturated rings. The molecule has 1 saturated carbocycles. The van der Waals surface area contributed by atoms with E-state index in [1.807, 2.05) is 6.08 Å². The fourth-order valence-electron chi connectivity index (χ4n) is 4.39. The molecular weight excluding hydrogens is 322 g/mol. The lowest BCUT2D eigenvalue weighted by atomic mass is 9.89. The molecule has 0 aliphatic heterocycles. The summed E-state index contributed by atoms with van der Waals surface area (Å²) in [6.07, 6.45) is 18.9. The number of unbranched alkanes of at least 4 members (excludes halogenated alkanes) is 3. The van der Waals surface area contributed by atoms with Crippen LogP contribution in [-0.4, -0.2) is 48.0 Å². The Morgan fingerprint density at radius 3 is 2.81 bits per heavy atom. The minimum Gasteiger partial charge on any atom is -0.392 e. The summed E-state index contributed by atoms with van der Waals surface area (Å²) in [5.41, 5.74) is 1.43. The maximum atomic E-state index is 10.4. The molecule has 2 N–H and O–H groups in total. The van der Waals surface area contributed by atoms with Crippen LogP contribution in [0.25, 0.3) is 0 Å². The Hall–Kier alpha value is -0.900. The van der Waals surface area contributed by atoms with E-state index in [4.69, 9.17) is 0 Å². The molecule has 0 saturated heterocycles. The van der Waals surface area contributed by atoms with Crippen LogP contribution in [0.15, 0.2) is 36.0 Å². The predicted molar refractivity (Wildman–Crippen MR) is 110 cm³/mol. The molecule has 5 atom stereocenters. The van der Waals surface area contributed by atoms with Crippen molar-refractivity contribution < 1.29 is 10.2 Å². The molecule has 3 nitrogen and oxygen atoms in total. The summed E-state index contributed by atoms with van der Waals surface area (Å²) in [4.78, 5) is 2.22. The highest BCUT2D eigenvalue weighted by Gasteiger charge is 2.42. The predicted octanol–water partition coefficient (Wildman–Crippen LogP) is 4.33.